The zero-order chi connectivity index (χ0) is 15.3. The van der Waals surface area contributed by atoms with Crippen LogP contribution in [0.1, 0.15) is 32.4 Å². The number of hydrogen-bond donors (Lipinski definition) is 1. The summed E-state index contributed by atoms with van der Waals surface area (Å²) in [6.07, 6.45) is -0.276. The van der Waals surface area contributed by atoms with E-state index in [1.54, 1.807) is 20.8 Å². The molecule has 0 aromatic heterocycles. The molecule has 1 aromatic carbocycles. The number of hydrogen-bond acceptors (Lipinski definition) is 4. The van der Waals surface area contributed by atoms with Crippen molar-refractivity contribution in [1.29, 1.82) is 0 Å². The van der Waals surface area contributed by atoms with Crippen LogP contribution in [0.5, 0.6) is 5.75 Å². The summed E-state index contributed by atoms with van der Waals surface area (Å²) in [6.45, 7) is 5.10. The predicted molar refractivity (Wildman–Crippen MR) is 71.1 cm³/mol. The Labute approximate surface area is 117 Å². The first-order valence-corrected chi connectivity index (χ1v) is 6.05. The highest BCUT2D eigenvalue weighted by Crippen LogP contribution is 2.25. The van der Waals surface area contributed by atoms with Crippen LogP contribution in [0.4, 0.5) is 9.18 Å². The smallest absolute Gasteiger partial charge is 0.408 e. The molecule has 0 aliphatic carbocycles. The van der Waals surface area contributed by atoms with E-state index in [-0.39, 0.29) is 5.56 Å². The first-order valence-electron chi connectivity index (χ1n) is 6.05. The molecule has 0 radical (unpaired) electrons. The van der Waals surface area contributed by atoms with E-state index < -0.39 is 23.6 Å². The molecule has 1 aromatic rings. The van der Waals surface area contributed by atoms with Gasteiger partial charge in [0.15, 0.2) is 0 Å². The van der Waals surface area contributed by atoms with Crippen molar-refractivity contribution < 1.29 is 23.5 Å². The minimum Gasteiger partial charge on any atom is -0.496 e. The Morgan fingerprint density at radius 1 is 1.40 bits per heavy atom. The summed E-state index contributed by atoms with van der Waals surface area (Å²) in [5, 5.41) is 2.37. The fourth-order valence-electron chi connectivity index (χ4n) is 1.57. The maximum absolute atomic E-state index is 13.3. The number of halogens is 1. The summed E-state index contributed by atoms with van der Waals surface area (Å²) in [5.74, 6) is -0.224. The third kappa shape index (κ3) is 4.53. The number of rotatable bonds is 4. The molecule has 0 saturated heterocycles. The lowest BCUT2D eigenvalue weighted by Gasteiger charge is -2.22. The minimum absolute atomic E-state index is 0.230. The topological polar surface area (TPSA) is 64.6 Å². The molecule has 0 saturated carbocycles. The molecule has 1 unspecified atom stereocenters. The van der Waals surface area contributed by atoms with Crippen molar-refractivity contribution in [2.24, 2.45) is 0 Å². The van der Waals surface area contributed by atoms with Gasteiger partial charge in [-0.2, -0.15) is 0 Å². The van der Waals surface area contributed by atoms with Gasteiger partial charge in [-0.15, -0.1) is 0 Å². The summed E-state index contributed by atoms with van der Waals surface area (Å²) in [4.78, 5) is 22.8. The van der Waals surface area contributed by atoms with Gasteiger partial charge in [-0.05, 0) is 39.0 Å². The van der Waals surface area contributed by atoms with E-state index >= 15 is 0 Å². The molecule has 0 spiro atoms. The van der Waals surface area contributed by atoms with Crippen molar-refractivity contribution in [3.63, 3.8) is 0 Å². The van der Waals surface area contributed by atoms with E-state index in [2.05, 4.69) is 5.32 Å². The number of carbonyl (C=O) groups is 2. The highest BCUT2D eigenvalue weighted by molar-refractivity contribution is 5.75. The van der Waals surface area contributed by atoms with Crippen molar-refractivity contribution in [2.75, 3.05) is 7.11 Å². The van der Waals surface area contributed by atoms with Crippen molar-refractivity contribution in [3.8, 4) is 5.75 Å². The molecule has 0 aliphatic rings. The fraction of sp³-hybridized carbons (Fsp3) is 0.429. The molecular weight excluding hydrogens is 265 g/mol. The zero-order valence-corrected chi connectivity index (χ0v) is 11.9. The number of benzene rings is 1. The van der Waals surface area contributed by atoms with E-state index in [4.69, 9.17) is 9.47 Å². The molecule has 6 heteroatoms. The van der Waals surface area contributed by atoms with Gasteiger partial charge in [0.05, 0.1) is 7.11 Å². The number of carbonyl (C=O) groups excluding carboxylic acids is 2. The number of methoxy groups -OCH3 is 1. The summed E-state index contributed by atoms with van der Waals surface area (Å²) in [6, 6.07) is 2.68. The van der Waals surface area contributed by atoms with Crippen LogP contribution < -0.4 is 10.1 Å². The first kappa shape index (κ1) is 15.9. The maximum atomic E-state index is 13.3. The van der Waals surface area contributed by atoms with Gasteiger partial charge in [-0.3, -0.25) is 0 Å². The lowest BCUT2D eigenvalue weighted by atomic mass is 10.1. The van der Waals surface area contributed by atoms with E-state index in [1.807, 2.05) is 0 Å². The van der Waals surface area contributed by atoms with E-state index in [1.165, 1.54) is 19.2 Å². The number of alkyl carbamates (subject to hydrolysis) is 1. The Morgan fingerprint density at radius 3 is 2.55 bits per heavy atom. The van der Waals surface area contributed by atoms with Crippen LogP contribution in [0.25, 0.3) is 0 Å². The Morgan fingerprint density at radius 2 is 2.05 bits per heavy atom. The molecule has 0 fully saturated rings. The normalized spacial score (nSPS) is 12.4. The van der Waals surface area contributed by atoms with Crippen LogP contribution in [0.15, 0.2) is 18.2 Å². The molecule has 0 aliphatic heterocycles. The molecule has 110 valence electrons. The quantitative estimate of drug-likeness (QED) is 0.863. The molecule has 20 heavy (non-hydrogen) atoms. The van der Waals surface area contributed by atoms with E-state index in [9.17, 15) is 14.0 Å². The summed E-state index contributed by atoms with van der Waals surface area (Å²) < 4.78 is 23.4. The lowest BCUT2D eigenvalue weighted by Crippen LogP contribution is -2.35. The highest BCUT2D eigenvalue weighted by atomic mass is 19.1. The summed E-state index contributed by atoms with van der Waals surface area (Å²) in [7, 11) is 1.39. The third-order valence-electron chi connectivity index (χ3n) is 2.34. The van der Waals surface area contributed by atoms with Crippen molar-refractivity contribution in [3.05, 3.63) is 29.6 Å². The van der Waals surface area contributed by atoms with Crippen LogP contribution in [0.3, 0.4) is 0 Å². The van der Waals surface area contributed by atoms with Gasteiger partial charge < -0.3 is 19.6 Å². The lowest BCUT2D eigenvalue weighted by molar-refractivity contribution is -0.109. The number of amides is 1. The van der Waals surface area contributed by atoms with Crippen molar-refractivity contribution in [2.45, 2.75) is 32.4 Å². The Bertz CT molecular complexity index is 496. The number of nitrogens with one attached hydrogen (secondary N) is 1. The van der Waals surface area contributed by atoms with Crippen LogP contribution in [0, 0.1) is 5.82 Å². The molecule has 1 N–H and O–H groups in total. The van der Waals surface area contributed by atoms with Crippen LogP contribution in [-0.2, 0) is 9.53 Å². The van der Waals surface area contributed by atoms with Crippen LogP contribution in [-0.4, -0.2) is 25.1 Å². The molecular formula is C14H18FNO4. The van der Waals surface area contributed by atoms with Gasteiger partial charge in [0, 0.05) is 5.56 Å². The minimum atomic E-state index is -1.05. The number of ether oxygens (including phenoxy) is 2. The summed E-state index contributed by atoms with van der Waals surface area (Å²) in [5.41, 5.74) is -0.461. The van der Waals surface area contributed by atoms with Gasteiger partial charge in [-0.25, -0.2) is 9.18 Å². The highest BCUT2D eigenvalue weighted by Gasteiger charge is 2.22. The zero-order valence-electron chi connectivity index (χ0n) is 11.9. The second-order valence-corrected chi connectivity index (χ2v) is 5.15. The van der Waals surface area contributed by atoms with Crippen LogP contribution >= 0.6 is 0 Å². The van der Waals surface area contributed by atoms with Gasteiger partial charge in [0.2, 0.25) is 0 Å². The predicted octanol–water partition coefficient (Wildman–Crippen LogP) is 2.60. The average Bonchev–Trinajstić information content (AvgIpc) is 2.33. The average molecular weight is 283 g/mol. The Balaban J connectivity index is 2.94. The third-order valence-corrected chi connectivity index (χ3v) is 2.34. The SMILES string of the molecule is COc1ccc(F)cc1C(C=O)NC(=O)OC(C)(C)C. The largest absolute Gasteiger partial charge is 0.496 e. The van der Waals surface area contributed by atoms with Crippen LogP contribution in [0.2, 0.25) is 0 Å². The van der Waals surface area contributed by atoms with Crippen molar-refractivity contribution >= 4 is 12.4 Å². The first-order chi connectivity index (χ1) is 9.26. The van der Waals surface area contributed by atoms with E-state index in [0.29, 0.717) is 12.0 Å². The molecule has 0 heterocycles. The second-order valence-electron chi connectivity index (χ2n) is 5.15. The standard InChI is InChI=1S/C14H18FNO4/c1-14(2,3)20-13(18)16-11(8-17)10-7-9(15)5-6-12(10)19-4/h5-8,11H,1-4H3,(H,16,18). The van der Waals surface area contributed by atoms with Gasteiger partial charge >= 0.3 is 6.09 Å². The number of aldehydes is 1. The van der Waals surface area contributed by atoms with Gasteiger partial charge in [0.25, 0.3) is 0 Å². The van der Waals surface area contributed by atoms with Gasteiger partial charge in [-0.1, -0.05) is 0 Å². The Kier molecular flexibility index (Phi) is 5.07. The molecule has 0 bridgehead atoms. The monoisotopic (exact) mass is 283 g/mol. The molecule has 5 nitrogen and oxygen atoms in total. The van der Waals surface area contributed by atoms with Gasteiger partial charge in [0.1, 0.15) is 29.5 Å². The molecule has 1 amide bonds. The summed E-state index contributed by atoms with van der Waals surface area (Å²) >= 11 is 0. The maximum Gasteiger partial charge on any atom is 0.408 e. The van der Waals surface area contributed by atoms with E-state index in [0.717, 1.165) is 6.07 Å². The molecule has 1 rings (SSSR count). The molecule has 1 atom stereocenters. The second kappa shape index (κ2) is 6.36. The van der Waals surface area contributed by atoms with Crippen molar-refractivity contribution in [1.82, 2.24) is 5.32 Å². The Hall–Kier alpha value is -2.11. The fourth-order valence-corrected chi connectivity index (χ4v) is 1.57.